The van der Waals surface area contributed by atoms with E-state index in [1.807, 2.05) is 31.2 Å². The van der Waals surface area contributed by atoms with Gasteiger partial charge >= 0.3 is 0 Å². The monoisotopic (exact) mass is 321 g/mol. The van der Waals surface area contributed by atoms with E-state index in [9.17, 15) is 4.79 Å². The van der Waals surface area contributed by atoms with E-state index in [1.165, 1.54) is 0 Å². The van der Waals surface area contributed by atoms with Gasteiger partial charge in [-0.05, 0) is 36.8 Å². The summed E-state index contributed by atoms with van der Waals surface area (Å²) in [6.07, 6.45) is 1.59. The number of hydrogen-bond donors (Lipinski definition) is 2. The second-order valence-corrected chi connectivity index (χ2v) is 4.71. The summed E-state index contributed by atoms with van der Waals surface area (Å²) >= 11 is 0. The van der Waals surface area contributed by atoms with Crippen molar-refractivity contribution in [3.63, 3.8) is 0 Å². The molecule has 0 bridgehead atoms. The molecule has 1 aromatic heterocycles. The van der Waals surface area contributed by atoms with E-state index in [0.29, 0.717) is 17.8 Å². The zero-order chi connectivity index (χ0) is 15.2. The fraction of sp³-hybridized carbons (Fsp3) is 0.250. The Labute approximate surface area is 136 Å². The summed E-state index contributed by atoms with van der Waals surface area (Å²) in [5, 5.41) is 2.95. The highest BCUT2D eigenvalue weighted by Gasteiger charge is 2.12. The van der Waals surface area contributed by atoms with Crippen molar-refractivity contribution < 1.29 is 9.53 Å². The van der Waals surface area contributed by atoms with Gasteiger partial charge in [0.1, 0.15) is 5.75 Å². The molecule has 0 spiro atoms. The molecule has 0 saturated carbocycles. The van der Waals surface area contributed by atoms with Gasteiger partial charge in [0.25, 0.3) is 5.91 Å². The van der Waals surface area contributed by atoms with Crippen LogP contribution in [-0.2, 0) is 6.54 Å². The fourth-order valence-corrected chi connectivity index (χ4v) is 1.99. The van der Waals surface area contributed by atoms with Gasteiger partial charge in [0.2, 0.25) is 0 Å². The Balaban J connectivity index is 0.00000242. The lowest BCUT2D eigenvalue weighted by molar-refractivity contribution is 0.0939. The second-order valence-electron chi connectivity index (χ2n) is 4.71. The number of amides is 1. The first-order valence-electron chi connectivity index (χ1n) is 6.74. The van der Waals surface area contributed by atoms with Gasteiger partial charge < -0.3 is 15.8 Å². The van der Waals surface area contributed by atoms with Crippen molar-refractivity contribution in [2.75, 3.05) is 7.11 Å². The third-order valence-corrected chi connectivity index (χ3v) is 3.25. The Morgan fingerprint density at radius 2 is 2.00 bits per heavy atom. The largest absolute Gasteiger partial charge is 0.497 e. The Morgan fingerprint density at radius 1 is 1.32 bits per heavy atom. The number of nitrogens with one attached hydrogen (secondary N) is 1. The van der Waals surface area contributed by atoms with E-state index in [0.717, 1.165) is 11.3 Å². The summed E-state index contributed by atoms with van der Waals surface area (Å²) in [5.41, 5.74) is 7.80. The first-order valence-corrected chi connectivity index (χ1v) is 6.74. The van der Waals surface area contributed by atoms with E-state index >= 15 is 0 Å². The molecule has 1 amide bonds. The fourth-order valence-electron chi connectivity index (χ4n) is 1.99. The lowest BCUT2D eigenvalue weighted by atomic mass is 10.1. The Bertz CT molecular complexity index is 617. The molecule has 3 N–H and O–H groups in total. The van der Waals surface area contributed by atoms with Crippen molar-refractivity contribution in [2.24, 2.45) is 5.73 Å². The standard InChI is InChI=1S/C16H19N3O2.ClH/c1-11(12-3-5-15(21-2)6-4-12)19-16(20)13-7-8-18-14(9-13)10-17;/h3-9,11H,10,17H2,1-2H3,(H,19,20);1H. The predicted molar refractivity (Wildman–Crippen MR) is 88.3 cm³/mol. The smallest absolute Gasteiger partial charge is 0.251 e. The van der Waals surface area contributed by atoms with Crippen LogP contribution in [0.4, 0.5) is 0 Å². The van der Waals surface area contributed by atoms with Crippen LogP contribution in [-0.4, -0.2) is 18.0 Å². The molecule has 0 fully saturated rings. The number of methoxy groups -OCH3 is 1. The maximum atomic E-state index is 12.2. The van der Waals surface area contributed by atoms with Crippen LogP contribution < -0.4 is 15.8 Å². The molecule has 0 radical (unpaired) electrons. The van der Waals surface area contributed by atoms with E-state index in [2.05, 4.69) is 10.3 Å². The molecule has 2 aromatic rings. The summed E-state index contributed by atoms with van der Waals surface area (Å²) in [5.74, 6) is 0.648. The van der Waals surface area contributed by atoms with Crippen molar-refractivity contribution in [3.8, 4) is 5.75 Å². The van der Waals surface area contributed by atoms with Crippen LogP contribution in [0.25, 0.3) is 0 Å². The van der Waals surface area contributed by atoms with Crippen LogP contribution in [0.5, 0.6) is 5.75 Å². The zero-order valence-electron chi connectivity index (χ0n) is 12.6. The lowest BCUT2D eigenvalue weighted by Crippen LogP contribution is -2.26. The summed E-state index contributed by atoms with van der Waals surface area (Å²) in [6, 6.07) is 10.9. The summed E-state index contributed by atoms with van der Waals surface area (Å²) < 4.78 is 5.12. The van der Waals surface area contributed by atoms with Crippen molar-refractivity contribution in [1.29, 1.82) is 0 Å². The zero-order valence-corrected chi connectivity index (χ0v) is 13.4. The Kier molecular flexibility index (Phi) is 6.82. The Morgan fingerprint density at radius 3 is 2.59 bits per heavy atom. The number of carbonyl (C=O) groups excluding carboxylic acids is 1. The number of carbonyl (C=O) groups is 1. The average molecular weight is 322 g/mol. The molecule has 5 nitrogen and oxygen atoms in total. The molecular weight excluding hydrogens is 302 g/mol. The topological polar surface area (TPSA) is 77.2 Å². The van der Waals surface area contributed by atoms with Crippen molar-refractivity contribution in [2.45, 2.75) is 19.5 Å². The molecular formula is C16H20ClN3O2. The summed E-state index contributed by atoms with van der Waals surface area (Å²) in [6.45, 7) is 2.25. The quantitative estimate of drug-likeness (QED) is 0.887. The molecule has 2 rings (SSSR count). The first-order chi connectivity index (χ1) is 10.1. The van der Waals surface area contributed by atoms with Gasteiger partial charge in [-0.15, -0.1) is 12.4 Å². The molecule has 1 unspecified atom stereocenters. The molecule has 6 heteroatoms. The number of benzene rings is 1. The molecule has 0 aliphatic heterocycles. The highest BCUT2D eigenvalue weighted by atomic mass is 35.5. The molecule has 22 heavy (non-hydrogen) atoms. The van der Waals surface area contributed by atoms with Gasteiger partial charge in [0.05, 0.1) is 18.8 Å². The third-order valence-electron chi connectivity index (χ3n) is 3.25. The minimum absolute atomic E-state index is 0. The maximum absolute atomic E-state index is 12.2. The van der Waals surface area contributed by atoms with Crippen LogP contribution in [0.2, 0.25) is 0 Å². The van der Waals surface area contributed by atoms with Crippen molar-refractivity contribution in [3.05, 3.63) is 59.4 Å². The third kappa shape index (κ3) is 4.44. The average Bonchev–Trinajstić information content (AvgIpc) is 2.54. The van der Waals surface area contributed by atoms with Crippen LogP contribution in [0.1, 0.15) is 34.6 Å². The van der Waals surface area contributed by atoms with Crippen LogP contribution in [0.15, 0.2) is 42.6 Å². The van der Waals surface area contributed by atoms with Gasteiger partial charge in [-0.25, -0.2) is 0 Å². The van der Waals surface area contributed by atoms with Crippen molar-refractivity contribution in [1.82, 2.24) is 10.3 Å². The van der Waals surface area contributed by atoms with Crippen LogP contribution in [0, 0.1) is 0 Å². The number of rotatable bonds is 5. The molecule has 1 atom stereocenters. The van der Waals surface area contributed by atoms with Crippen LogP contribution in [0.3, 0.4) is 0 Å². The predicted octanol–water partition coefficient (Wildman–Crippen LogP) is 2.46. The SMILES string of the molecule is COc1ccc(C(C)NC(=O)c2ccnc(CN)c2)cc1.Cl. The highest BCUT2D eigenvalue weighted by Crippen LogP contribution is 2.17. The normalized spacial score (nSPS) is 11.2. The minimum atomic E-state index is -0.143. The van der Waals surface area contributed by atoms with E-state index in [4.69, 9.17) is 10.5 Å². The summed E-state index contributed by atoms with van der Waals surface area (Å²) in [7, 11) is 1.62. The highest BCUT2D eigenvalue weighted by molar-refractivity contribution is 5.94. The van der Waals surface area contributed by atoms with E-state index in [1.54, 1.807) is 25.4 Å². The van der Waals surface area contributed by atoms with Gasteiger partial charge in [-0.3, -0.25) is 9.78 Å². The molecule has 118 valence electrons. The minimum Gasteiger partial charge on any atom is -0.497 e. The van der Waals surface area contributed by atoms with E-state index < -0.39 is 0 Å². The molecule has 0 aliphatic carbocycles. The van der Waals surface area contributed by atoms with Crippen LogP contribution >= 0.6 is 12.4 Å². The number of ether oxygens (including phenoxy) is 1. The molecule has 1 heterocycles. The molecule has 0 aliphatic rings. The first kappa shape index (κ1) is 17.9. The molecule has 0 saturated heterocycles. The summed E-state index contributed by atoms with van der Waals surface area (Å²) in [4.78, 5) is 16.3. The number of aromatic nitrogens is 1. The number of nitrogens with two attached hydrogens (primary N) is 1. The van der Waals surface area contributed by atoms with Gasteiger partial charge in [-0.1, -0.05) is 12.1 Å². The maximum Gasteiger partial charge on any atom is 0.251 e. The number of hydrogen-bond acceptors (Lipinski definition) is 4. The van der Waals surface area contributed by atoms with Crippen molar-refractivity contribution >= 4 is 18.3 Å². The molecule has 1 aromatic carbocycles. The second kappa shape index (κ2) is 8.36. The number of nitrogens with zero attached hydrogens (tertiary/aromatic N) is 1. The van der Waals surface area contributed by atoms with Gasteiger partial charge in [0, 0.05) is 18.3 Å². The lowest BCUT2D eigenvalue weighted by Gasteiger charge is -2.15. The Hall–Kier alpha value is -2.11. The number of pyridine rings is 1. The van der Waals surface area contributed by atoms with Gasteiger partial charge in [0.15, 0.2) is 0 Å². The van der Waals surface area contributed by atoms with E-state index in [-0.39, 0.29) is 24.4 Å². The number of halogens is 1. The van der Waals surface area contributed by atoms with Gasteiger partial charge in [-0.2, -0.15) is 0 Å².